The molecule has 2 aromatic rings. The van der Waals surface area contributed by atoms with Gasteiger partial charge in [-0.15, -0.1) is 0 Å². The van der Waals surface area contributed by atoms with Gasteiger partial charge in [-0.2, -0.15) is 0 Å². The lowest BCUT2D eigenvalue weighted by atomic mass is 10.1. The van der Waals surface area contributed by atoms with E-state index in [1.807, 2.05) is 0 Å². The van der Waals surface area contributed by atoms with E-state index in [-0.39, 0.29) is 16.8 Å². The molecule has 0 saturated heterocycles. The van der Waals surface area contributed by atoms with Crippen molar-refractivity contribution in [2.24, 2.45) is 0 Å². The Bertz CT molecular complexity index is 1040. The summed E-state index contributed by atoms with van der Waals surface area (Å²) < 4.78 is 41.6. The topological polar surface area (TPSA) is 86.7 Å². The minimum absolute atomic E-state index is 0.0358. The van der Waals surface area contributed by atoms with E-state index in [2.05, 4.69) is 4.72 Å². The molecule has 8 heteroatoms. The molecule has 0 aliphatic heterocycles. The van der Waals surface area contributed by atoms with Gasteiger partial charge in [-0.05, 0) is 60.9 Å². The molecule has 0 unspecified atom stereocenters. The second-order valence-corrected chi connectivity index (χ2v) is 9.46. The second-order valence-electron chi connectivity index (χ2n) is 7.75. The molecule has 2 aromatic carbocycles. The number of aromatic hydroxyl groups is 1. The van der Waals surface area contributed by atoms with Gasteiger partial charge in [-0.1, -0.05) is 31.7 Å². The minimum atomic E-state index is -3.62. The van der Waals surface area contributed by atoms with Crippen molar-refractivity contribution < 1.29 is 22.7 Å². The predicted molar refractivity (Wildman–Crippen MR) is 119 cm³/mol. The number of carbonyl (C=O) groups is 1. The number of nitrogens with one attached hydrogen (secondary N) is 1. The molecule has 2 N–H and O–H groups in total. The van der Waals surface area contributed by atoms with Crippen LogP contribution in [0, 0.1) is 5.82 Å². The van der Waals surface area contributed by atoms with E-state index in [1.165, 1.54) is 41.3 Å². The van der Waals surface area contributed by atoms with Crippen molar-refractivity contribution >= 4 is 27.7 Å². The quantitative estimate of drug-likeness (QED) is 0.514. The molecule has 166 valence electrons. The van der Waals surface area contributed by atoms with Gasteiger partial charge in [0.1, 0.15) is 0 Å². The average molecular weight is 447 g/mol. The number of amides is 1. The highest BCUT2D eigenvalue weighted by molar-refractivity contribution is 7.89. The van der Waals surface area contributed by atoms with Crippen LogP contribution in [0.3, 0.4) is 0 Å². The molecular formula is C23H27FN2O4S. The first-order valence-corrected chi connectivity index (χ1v) is 11.8. The van der Waals surface area contributed by atoms with Crippen LogP contribution in [-0.2, 0) is 14.8 Å². The maximum absolute atomic E-state index is 13.4. The summed E-state index contributed by atoms with van der Waals surface area (Å²) in [6.45, 7) is 0. The summed E-state index contributed by atoms with van der Waals surface area (Å²) in [5, 5.41) is 9.22. The summed E-state index contributed by atoms with van der Waals surface area (Å²) in [4.78, 5) is 13.9. The highest BCUT2D eigenvalue weighted by atomic mass is 32.2. The van der Waals surface area contributed by atoms with Crippen LogP contribution in [0.5, 0.6) is 5.75 Å². The van der Waals surface area contributed by atoms with Crippen molar-refractivity contribution in [2.45, 2.75) is 49.5 Å². The number of phenolic OH excluding ortho intramolecular Hbond substituents is 1. The number of hydrogen-bond acceptors (Lipinski definition) is 4. The molecule has 0 radical (unpaired) electrons. The smallest absolute Gasteiger partial charge is 0.250 e. The van der Waals surface area contributed by atoms with Gasteiger partial charge < -0.3 is 10.0 Å². The molecule has 1 saturated carbocycles. The van der Waals surface area contributed by atoms with Gasteiger partial charge in [0.2, 0.25) is 10.0 Å². The summed E-state index contributed by atoms with van der Waals surface area (Å²) in [6.07, 6.45) is 8.78. The predicted octanol–water partition coefficient (Wildman–Crippen LogP) is 4.21. The lowest BCUT2D eigenvalue weighted by Crippen LogP contribution is -2.34. The van der Waals surface area contributed by atoms with E-state index in [0.29, 0.717) is 11.3 Å². The number of likely N-dealkylation sites (N-methyl/N-ethyl adjacent to an activating group) is 1. The summed E-state index contributed by atoms with van der Waals surface area (Å²) in [6, 6.07) is 9.91. The number of anilines is 1. The Balaban J connectivity index is 1.65. The highest BCUT2D eigenvalue weighted by Crippen LogP contribution is 2.22. The van der Waals surface area contributed by atoms with E-state index >= 15 is 0 Å². The van der Waals surface area contributed by atoms with Crippen LogP contribution >= 0.6 is 0 Å². The van der Waals surface area contributed by atoms with Crippen LogP contribution in [0.15, 0.2) is 53.4 Å². The highest BCUT2D eigenvalue weighted by Gasteiger charge is 2.21. The Morgan fingerprint density at radius 2 is 1.74 bits per heavy atom. The van der Waals surface area contributed by atoms with Crippen LogP contribution in [0.2, 0.25) is 0 Å². The molecule has 0 atom stereocenters. The zero-order valence-corrected chi connectivity index (χ0v) is 18.2. The Morgan fingerprint density at radius 3 is 2.35 bits per heavy atom. The van der Waals surface area contributed by atoms with Crippen molar-refractivity contribution in [3.05, 3.63) is 59.9 Å². The first kappa shape index (κ1) is 23.0. The van der Waals surface area contributed by atoms with Crippen molar-refractivity contribution in [1.82, 2.24) is 4.72 Å². The maximum Gasteiger partial charge on any atom is 0.250 e. The van der Waals surface area contributed by atoms with Crippen LogP contribution < -0.4 is 9.62 Å². The van der Waals surface area contributed by atoms with Crippen LogP contribution in [0.4, 0.5) is 10.1 Å². The van der Waals surface area contributed by atoms with Crippen LogP contribution in [0.25, 0.3) is 6.08 Å². The lowest BCUT2D eigenvalue weighted by molar-refractivity contribution is -0.113. The van der Waals surface area contributed by atoms with Gasteiger partial charge >= 0.3 is 0 Å². The molecular weight excluding hydrogens is 419 g/mol. The Kier molecular flexibility index (Phi) is 7.46. The molecule has 0 spiro atoms. The normalized spacial score (nSPS) is 15.7. The Hall–Kier alpha value is -2.71. The van der Waals surface area contributed by atoms with Gasteiger partial charge in [0.25, 0.3) is 5.91 Å². The molecule has 31 heavy (non-hydrogen) atoms. The number of hydrogen-bond donors (Lipinski definition) is 2. The first-order chi connectivity index (χ1) is 14.8. The zero-order chi connectivity index (χ0) is 22.4. The molecule has 0 aromatic heterocycles. The van der Waals surface area contributed by atoms with Crippen LogP contribution in [0.1, 0.15) is 44.1 Å². The summed E-state index contributed by atoms with van der Waals surface area (Å²) >= 11 is 0. The van der Waals surface area contributed by atoms with E-state index < -0.39 is 21.6 Å². The van der Waals surface area contributed by atoms with E-state index in [4.69, 9.17) is 0 Å². The molecule has 1 aliphatic rings. The van der Waals surface area contributed by atoms with Gasteiger partial charge in [0.05, 0.1) is 4.90 Å². The maximum atomic E-state index is 13.4. The SMILES string of the molecule is CN(C(=O)/C=C/c1ccc(O)c(F)c1)c1ccc(S(=O)(=O)NC2CCCCCC2)cc1. The Labute approximate surface area is 182 Å². The van der Waals surface area contributed by atoms with E-state index in [1.54, 1.807) is 19.2 Å². The van der Waals surface area contributed by atoms with Crippen molar-refractivity contribution in [2.75, 3.05) is 11.9 Å². The number of rotatable bonds is 6. The van der Waals surface area contributed by atoms with Gasteiger partial charge in [0, 0.05) is 24.9 Å². The molecule has 1 aliphatic carbocycles. The first-order valence-electron chi connectivity index (χ1n) is 10.3. The summed E-state index contributed by atoms with van der Waals surface area (Å²) in [5.74, 6) is -1.58. The fourth-order valence-electron chi connectivity index (χ4n) is 3.57. The molecule has 0 heterocycles. The van der Waals surface area contributed by atoms with Crippen molar-refractivity contribution in [3.8, 4) is 5.75 Å². The van der Waals surface area contributed by atoms with E-state index in [9.17, 15) is 22.7 Å². The molecule has 1 amide bonds. The number of phenols is 1. The van der Waals surface area contributed by atoms with Gasteiger partial charge in [-0.25, -0.2) is 17.5 Å². The fourth-order valence-corrected chi connectivity index (χ4v) is 4.87. The standard InChI is InChI=1S/C23H27FN2O4S/c1-26(23(28)15-9-17-8-14-22(27)21(24)16-17)19-10-12-20(13-11-19)31(29,30)25-18-6-4-2-3-5-7-18/h8-16,18,25,27H,2-7H2,1H3/b15-9+. The number of nitrogens with zero attached hydrogens (tertiary/aromatic N) is 1. The molecule has 6 nitrogen and oxygen atoms in total. The number of sulfonamides is 1. The zero-order valence-electron chi connectivity index (χ0n) is 17.4. The van der Waals surface area contributed by atoms with Gasteiger partial charge in [-0.3, -0.25) is 4.79 Å². The number of benzene rings is 2. The Morgan fingerprint density at radius 1 is 1.10 bits per heavy atom. The number of halogens is 1. The monoisotopic (exact) mass is 446 g/mol. The molecule has 0 bridgehead atoms. The van der Waals surface area contributed by atoms with Crippen molar-refractivity contribution in [3.63, 3.8) is 0 Å². The molecule has 3 rings (SSSR count). The number of carbonyl (C=O) groups excluding carboxylic acids is 1. The summed E-state index contributed by atoms with van der Waals surface area (Å²) in [7, 11) is -2.05. The molecule has 1 fully saturated rings. The van der Waals surface area contributed by atoms with Gasteiger partial charge in [0.15, 0.2) is 11.6 Å². The average Bonchev–Trinajstić information content (AvgIpc) is 3.02. The third-order valence-corrected chi connectivity index (χ3v) is 6.97. The third kappa shape index (κ3) is 6.15. The minimum Gasteiger partial charge on any atom is -0.505 e. The van der Waals surface area contributed by atoms with Crippen molar-refractivity contribution in [1.29, 1.82) is 0 Å². The summed E-state index contributed by atoms with van der Waals surface area (Å²) in [5.41, 5.74) is 0.961. The second kappa shape index (κ2) is 10.1. The third-order valence-electron chi connectivity index (χ3n) is 5.43. The van der Waals surface area contributed by atoms with Crippen LogP contribution in [-0.4, -0.2) is 32.5 Å². The lowest BCUT2D eigenvalue weighted by Gasteiger charge is -2.18. The largest absolute Gasteiger partial charge is 0.505 e. The fraction of sp³-hybridized carbons (Fsp3) is 0.348. The van der Waals surface area contributed by atoms with E-state index in [0.717, 1.165) is 44.6 Å².